The summed E-state index contributed by atoms with van der Waals surface area (Å²) in [4.78, 5) is 12.4. The number of carbonyl (C=O) groups is 1. The molecular formula is C27H25F3O4. The van der Waals surface area contributed by atoms with E-state index < -0.39 is 23.6 Å². The van der Waals surface area contributed by atoms with Gasteiger partial charge in [0.15, 0.2) is 0 Å². The van der Waals surface area contributed by atoms with Crippen LogP contribution < -0.4 is 9.47 Å². The van der Waals surface area contributed by atoms with Gasteiger partial charge in [0, 0.05) is 5.56 Å². The maximum absolute atomic E-state index is 14.1. The number of esters is 1. The molecule has 4 nitrogen and oxygen atoms in total. The first kappa shape index (κ1) is 23.7. The number of ether oxygens (including phenoxy) is 3. The number of hydrogen-bond acceptors (Lipinski definition) is 4. The van der Waals surface area contributed by atoms with Gasteiger partial charge in [-0.3, -0.25) is 4.79 Å². The van der Waals surface area contributed by atoms with Gasteiger partial charge in [0.2, 0.25) is 0 Å². The highest BCUT2D eigenvalue weighted by molar-refractivity contribution is 5.86. The molecule has 0 saturated carbocycles. The van der Waals surface area contributed by atoms with Crippen LogP contribution in [0.25, 0.3) is 11.1 Å². The summed E-state index contributed by atoms with van der Waals surface area (Å²) in [6, 6.07) is 16.9. The Kier molecular flexibility index (Phi) is 6.82. The second-order valence-corrected chi connectivity index (χ2v) is 8.19. The minimum absolute atomic E-state index is 0.165. The Morgan fingerprint density at radius 3 is 2.56 bits per heavy atom. The van der Waals surface area contributed by atoms with Crippen molar-refractivity contribution in [3.8, 4) is 22.6 Å². The van der Waals surface area contributed by atoms with E-state index in [2.05, 4.69) is 0 Å². The largest absolute Gasteiger partial charge is 0.493 e. The van der Waals surface area contributed by atoms with Crippen LogP contribution in [-0.4, -0.2) is 19.7 Å². The van der Waals surface area contributed by atoms with E-state index in [0.29, 0.717) is 12.2 Å². The average Bonchev–Trinajstić information content (AvgIpc) is 2.85. The number of fused-ring (bicyclic) bond motifs is 1. The van der Waals surface area contributed by atoms with Gasteiger partial charge in [-0.1, -0.05) is 36.4 Å². The second kappa shape index (κ2) is 9.79. The highest BCUT2D eigenvalue weighted by Gasteiger charge is 2.39. The molecule has 178 valence electrons. The molecule has 1 aliphatic heterocycles. The number of alkyl halides is 3. The van der Waals surface area contributed by atoms with Crippen LogP contribution in [0.2, 0.25) is 0 Å². The van der Waals surface area contributed by atoms with Crippen molar-refractivity contribution in [3.63, 3.8) is 0 Å². The van der Waals surface area contributed by atoms with Crippen molar-refractivity contribution < 1.29 is 32.2 Å². The molecule has 0 saturated heterocycles. The van der Waals surface area contributed by atoms with Gasteiger partial charge in [-0.05, 0) is 66.3 Å². The minimum atomic E-state index is -4.67. The molecule has 0 spiro atoms. The first-order valence-electron chi connectivity index (χ1n) is 11.0. The molecule has 3 aromatic carbocycles. The maximum Gasteiger partial charge on any atom is 0.416 e. The van der Waals surface area contributed by atoms with Gasteiger partial charge >= 0.3 is 12.1 Å². The van der Waals surface area contributed by atoms with Crippen molar-refractivity contribution in [2.24, 2.45) is 0 Å². The molecule has 4 rings (SSSR count). The lowest BCUT2D eigenvalue weighted by molar-refractivity contribution is -0.143. The van der Waals surface area contributed by atoms with Gasteiger partial charge in [0.1, 0.15) is 18.1 Å². The molecule has 0 fully saturated rings. The summed E-state index contributed by atoms with van der Waals surface area (Å²) in [5.41, 5.74) is 1.49. The fourth-order valence-electron chi connectivity index (χ4n) is 4.26. The number of hydrogen-bond donors (Lipinski definition) is 0. The van der Waals surface area contributed by atoms with E-state index in [4.69, 9.17) is 14.2 Å². The van der Waals surface area contributed by atoms with Crippen LogP contribution in [0.4, 0.5) is 13.2 Å². The van der Waals surface area contributed by atoms with Crippen molar-refractivity contribution in [2.75, 3.05) is 13.7 Å². The molecule has 0 aliphatic carbocycles. The lowest BCUT2D eigenvalue weighted by Crippen LogP contribution is -2.19. The first-order chi connectivity index (χ1) is 16.3. The SMILES string of the molecule is COC(=O)C(C)c1c(C(F)(F)F)ccc(OCc2ccccc2)c1-c1ccc2c(c1)CCCO2. The van der Waals surface area contributed by atoms with Gasteiger partial charge in [-0.15, -0.1) is 0 Å². The third-order valence-corrected chi connectivity index (χ3v) is 5.93. The van der Waals surface area contributed by atoms with E-state index >= 15 is 0 Å². The topological polar surface area (TPSA) is 44.8 Å². The monoisotopic (exact) mass is 470 g/mol. The molecule has 34 heavy (non-hydrogen) atoms. The molecule has 1 unspecified atom stereocenters. The summed E-state index contributed by atoms with van der Waals surface area (Å²) >= 11 is 0. The molecular weight excluding hydrogens is 445 g/mol. The van der Waals surface area contributed by atoms with Crippen LogP contribution in [0.15, 0.2) is 60.7 Å². The van der Waals surface area contributed by atoms with Crippen LogP contribution in [0.3, 0.4) is 0 Å². The number of aryl methyl sites for hydroxylation is 1. The van der Waals surface area contributed by atoms with Crippen LogP contribution in [0, 0.1) is 0 Å². The van der Waals surface area contributed by atoms with Crippen LogP contribution in [-0.2, 0) is 28.7 Å². The number of methoxy groups -OCH3 is 1. The minimum Gasteiger partial charge on any atom is -0.493 e. The average molecular weight is 470 g/mol. The Morgan fingerprint density at radius 1 is 1.09 bits per heavy atom. The predicted molar refractivity (Wildman–Crippen MR) is 122 cm³/mol. The highest BCUT2D eigenvalue weighted by atomic mass is 19.4. The summed E-state index contributed by atoms with van der Waals surface area (Å²) in [7, 11) is 1.16. The van der Waals surface area contributed by atoms with Gasteiger partial charge in [-0.25, -0.2) is 0 Å². The van der Waals surface area contributed by atoms with Crippen LogP contribution >= 0.6 is 0 Å². The molecule has 0 bridgehead atoms. The summed E-state index contributed by atoms with van der Waals surface area (Å²) < 4.78 is 58.9. The van der Waals surface area contributed by atoms with Gasteiger partial charge < -0.3 is 14.2 Å². The fourth-order valence-corrected chi connectivity index (χ4v) is 4.26. The van der Waals surface area contributed by atoms with Gasteiger partial charge in [-0.2, -0.15) is 13.2 Å². The summed E-state index contributed by atoms with van der Waals surface area (Å²) in [6.45, 7) is 2.19. The Morgan fingerprint density at radius 2 is 1.85 bits per heavy atom. The van der Waals surface area contributed by atoms with Crippen molar-refractivity contribution in [2.45, 2.75) is 38.5 Å². The van der Waals surface area contributed by atoms with E-state index in [0.717, 1.165) is 42.9 Å². The van der Waals surface area contributed by atoms with E-state index in [-0.39, 0.29) is 23.5 Å². The Hall–Kier alpha value is -3.48. The first-order valence-corrected chi connectivity index (χ1v) is 11.0. The predicted octanol–water partition coefficient (Wildman–Crippen LogP) is 6.55. The van der Waals surface area contributed by atoms with E-state index in [9.17, 15) is 18.0 Å². The molecule has 1 aliphatic rings. The van der Waals surface area contributed by atoms with Gasteiger partial charge in [0.05, 0.1) is 25.2 Å². The Balaban J connectivity index is 1.91. The number of carbonyl (C=O) groups excluding carboxylic acids is 1. The molecule has 0 amide bonds. The van der Waals surface area contributed by atoms with Crippen molar-refractivity contribution in [3.05, 3.63) is 82.9 Å². The van der Waals surface area contributed by atoms with E-state index in [1.807, 2.05) is 36.4 Å². The standard InChI is InChI=1S/C27H25F3O4/c1-17(26(31)32-2)24-21(27(28,29)30)11-13-23(34-16-18-7-4-3-5-8-18)25(24)20-10-12-22-19(15-20)9-6-14-33-22/h3-5,7-8,10-13,15,17H,6,9,14,16H2,1-2H3. The Bertz CT molecular complexity index is 1170. The van der Waals surface area contributed by atoms with Crippen molar-refractivity contribution in [1.82, 2.24) is 0 Å². The molecule has 0 N–H and O–H groups in total. The van der Waals surface area contributed by atoms with E-state index in [1.165, 1.54) is 13.0 Å². The van der Waals surface area contributed by atoms with Crippen LogP contribution in [0.5, 0.6) is 11.5 Å². The molecule has 0 radical (unpaired) electrons. The maximum atomic E-state index is 14.1. The zero-order chi connectivity index (χ0) is 24.3. The lowest BCUT2D eigenvalue weighted by atomic mass is 9.85. The van der Waals surface area contributed by atoms with Crippen molar-refractivity contribution >= 4 is 5.97 Å². The molecule has 1 heterocycles. The third kappa shape index (κ3) is 4.88. The molecule has 0 aromatic heterocycles. The molecule has 7 heteroatoms. The normalized spacial score (nSPS) is 14.0. The lowest BCUT2D eigenvalue weighted by Gasteiger charge is -2.25. The zero-order valence-electron chi connectivity index (χ0n) is 18.9. The number of rotatable bonds is 6. The molecule has 3 aromatic rings. The smallest absolute Gasteiger partial charge is 0.416 e. The van der Waals surface area contributed by atoms with Gasteiger partial charge in [0.25, 0.3) is 0 Å². The summed E-state index contributed by atoms with van der Waals surface area (Å²) in [5.74, 6) is -0.937. The zero-order valence-corrected chi connectivity index (χ0v) is 18.9. The Labute approximate surface area is 196 Å². The number of benzene rings is 3. The fraction of sp³-hybridized carbons (Fsp3) is 0.296. The second-order valence-electron chi connectivity index (χ2n) is 8.19. The summed E-state index contributed by atoms with van der Waals surface area (Å²) in [6.07, 6.45) is -3.09. The number of halogens is 3. The summed E-state index contributed by atoms with van der Waals surface area (Å²) in [5, 5.41) is 0. The molecule has 1 atom stereocenters. The van der Waals surface area contributed by atoms with E-state index in [1.54, 1.807) is 12.1 Å². The van der Waals surface area contributed by atoms with Crippen molar-refractivity contribution in [1.29, 1.82) is 0 Å². The van der Waals surface area contributed by atoms with Crippen LogP contribution in [0.1, 0.15) is 41.5 Å². The third-order valence-electron chi connectivity index (χ3n) is 5.93. The quantitative estimate of drug-likeness (QED) is 0.383. The highest BCUT2D eigenvalue weighted by Crippen LogP contribution is 2.46.